The molecule has 1 aliphatic rings. The molecule has 1 aliphatic carbocycles. The highest BCUT2D eigenvalue weighted by atomic mass is 16.3. The molecular weight excluding hydrogens is 174 g/mol. The van der Waals surface area contributed by atoms with Gasteiger partial charge in [0.2, 0.25) is 0 Å². The van der Waals surface area contributed by atoms with Gasteiger partial charge in [-0.05, 0) is 37.5 Å². The predicted molar refractivity (Wildman–Crippen MR) is 56.5 cm³/mol. The lowest BCUT2D eigenvalue weighted by Gasteiger charge is -2.38. The molecule has 1 rings (SSSR count). The maximum Gasteiger partial charge on any atom is 0.0693 e. The van der Waals surface area contributed by atoms with E-state index in [1.807, 2.05) is 6.92 Å². The van der Waals surface area contributed by atoms with E-state index in [1.165, 1.54) is 6.42 Å². The van der Waals surface area contributed by atoms with E-state index in [1.54, 1.807) is 0 Å². The van der Waals surface area contributed by atoms with Crippen molar-refractivity contribution >= 4 is 0 Å². The lowest BCUT2D eigenvalue weighted by Crippen LogP contribution is -2.34. The molecule has 14 heavy (non-hydrogen) atoms. The Balaban J connectivity index is 2.62. The summed E-state index contributed by atoms with van der Waals surface area (Å²) in [5.74, 6) is 0.938. The Labute approximate surface area is 86.9 Å². The van der Waals surface area contributed by atoms with Gasteiger partial charge >= 0.3 is 0 Å². The molecule has 1 atom stereocenters. The maximum atomic E-state index is 9.24. The fourth-order valence-electron chi connectivity index (χ4n) is 2.49. The minimum atomic E-state index is -0.236. The standard InChI is InChI=1S/C12H21NO/c1-3-11-4-6-12(9-13,7-5-11)10(2)8-14/h10-11,14H,3-8H2,1-2H3. The molecule has 2 nitrogen and oxygen atoms in total. The zero-order valence-electron chi connectivity index (χ0n) is 9.29. The van der Waals surface area contributed by atoms with Crippen molar-refractivity contribution < 1.29 is 5.11 Å². The van der Waals surface area contributed by atoms with Crippen LogP contribution in [0.1, 0.15) is 46.0 Å². The van der Waals surface area contributed by atoms with E-state index < -0.39 is 0 Å². The van der Waals surface area contributed by atoms with Gasteiger partial charge in [0, 0.05) is 6.61 Å². The molecule has 0 aromatic heterocycles. The third-order valence-corrected chi connectivity index (χ3v) is 4.01. The lowest BCUT2D eigenvalue weighted by atomic mass is 9.65. The third-order valence-electron chi connectivity index (χ3n) is 4.01. The summed E-state index contributed by atoms with van der Waals surface area (Å²) in [6.07, 6.45) is 5.51. The molecule has 0 saturated heterocycles. The van der Waals surface area contributed by atoms with Gasteiger partial charge < -0.3 is 5.11 Å². The van der Waals surface area contributed by atoms with Crippen molar-refractivity contribution in [3.8, 4) is 6.07 Å². The Hall–Kier alpha value is -0.550. The van der Waals surface area contributed by atoms with Gasteiger partial charge in [0.15, 0.2) is 0 Å². The van der Waals surface area contributed by atoms with E-state index in [2.05, 4.69) is 13.0 Å². The van der Waals surface area contributed by atoms with E-state index in [0.29, 0.717) is 0 Å². The molecule has 0 bridgehead atoms. The Morgan fingerprint density at radius 1 is 1.50 bits per heavy atom. The number of aliphatic hydroxyl groups excluding tert-OH is 1. The van der Waals surface area contributed by atoms with Crippen molar-refractivity contribution in [1.29, 1.82) is 5.26 Å². The number of rotatable bonds is 3. The normalized spacial score (nSPS) is 34.9. The third kappa shape index (κ3) is 2.09. The number of hydrogen-bond donors (Lipinski definition) is 1. The van der Waals surface area contributed by atoms with Gasteiger partial charge in [-0.1, -0.05) is 20.3 Å². The molecule has 0 aromatic carbocycles. The highest BCUT2D eigenvalue weighted by molar-refractivity contribution is 5.04. The van der Waals surface area contributed by atoms with E-state index in [-0.39, 0.29) is 17.9 Å². The molecule has 0 aromatic rings. The molecule has 1 saturated carbocycles. The van der Waals surface area contributed by atoms with Crippen LogP contribution in [0.2, 0.25) is 0 Å². The quantitative estimate of drug-likeness (QED) is 0.752. The topological polar surface area (TPSA) is 44.0 Å². The van der Waals surface area contributed by atoms with Crippen LogP contribution in [0.3, 0.4) is 0 Å². The molecule has 1 N–H and O–H groups in total. The van der Waals surface area contributed by atoms with Crippen molar-refractivity contribution in [1.82, 2.24) is 0 Å². The van der Waals surface area contributed by atoms with Crippen LogP contribution in [0.15, 0.2) is 0 Å². The van der Waals surface area contributed by atoms with Crippen LogP contribution >= 0.6 is 0 Å². The first-order chi connectivity index (χ1) is 6.68. The number of hydrogen-bond acceptors (Lipinski definition) is 2. The summed E-state index contributed by atoms with van der Waals surface area (Å²) in [5, 5.41) is 18.4. The van der Waals surface area contributed by atoms with Crippen LogP contribution in [0.25, 0.3) is 0 Å². The summed E-state index contributed by atoms with van der Waals surface area (Å²) in [5.41, 5.74) is -0.236. The molecule has 1 fully saturated rings. The van der Waals surface area contributed by atoms with Crippen LogP contribution in [-0.2, 0) is 0 Å². The minimum Gasteiger partial charge on any atom is -0.396 e. The second kappa shape index (κ2) is 4.79. The van der Waals surface area contributed by atoms with Crippen LogP contribution < -0.4 is 0 Å². The van der Waals surface area contributed by atoms with Gasteiger partial charge in [0.25, 0.3) is 0 Å². The maximum absolute atomic E-state index is 9.24. The molecule has 0 heterocycles. The smallest absolute Gasteiger partial charge is 0.0693 e. The first-order valence-electron chi connectivity index (χ1n) is 5.70. The largest absolute Gasteiger partial charge is 0.396 e. The summed E-state index contributed by atoms with van der Waals surface area (Å²) in [7, 11) is 0. The summed E-state index contributed by atoms with van der Waals surface area (Å²) in [4.78, 5) is 0. The molecule has 0 radical (unpaired) electrons. The van der Waals surface area contributed by atoms with E-state index in [0.717, 1.165) is 31.6 Å². The van der Waals surface area contributed by atoms with E-state index in [4.69, 9.17) is 5.11 Å². The van der Waals surface area contributed by atoms with Gasteiger partial charge in [0.1, 0.15) is 0 Å². The molecule has 0 spiro atoms. The Kier molecular flexibility index (Phi) is 3.95. The number of aliphatic hydroxyl groups is 1. The molecule has 80 valence electrons. The second-order valence-electron chi connectivity index (χ2n) is 4.70. The molecule has 0 aliphatic heterocycles. The molecular formula is C12H21NO. The highest BCUT2D eigenvalue weighted by Gasteiger charge is 2.39. The average Bonchev–Trinajstić information content (AvgIpc) is 2.28. The van der Waals surface area contributed by atoms with Crippen LogP contribution in [0.5, 0.6) is 0 Å². The van der Waals surface area contributed by atoms with Crippen LogP contribution in [0, 0.1) is 28.6 Å². The molecule has 0 amide bonds. The number of nitrogens with zero attached hydrogens (tertiary/aromatic N) is 1. The summed E-state index contributed by atoms with van der Waals surface area (Å²) < 4.78 is 0. The van der Waals surface area contributed by atoms with Gasteiger partial charge in [0.05, 0.1) is 11.5 Å². The van der Waals surface area contributed by atoms with Gasteiger partial charge in [-0.3, -0.25) is 0 Å². The number of nitriles is 1. The van der Waals surface area contributed by atoms with Crippen molar-refractivity contribution in [2.45, 2.75) is 46.0 Å². The first kappa shape index (κ1) is 11.5. The van der Waals surface area contributed by atoms with E-state index >= 15 is 0 Å². The molecule has 2 heteroatoms. The fourth-order valence-corrected chi connectivity index (χ4v) is 2.49. The Morgan fingerprint density at radius 2 is 2.07 bits per heavy atom. The fraction of sp³-hybridized carbons (Fsp3) is 0.917. The van der Waals surface area contributed by atoms with Crippen molar-refractivity contribution in [3.63, 3.8) is 0 Å². The van der Waals surface area contributed by atoms with E-state index in [9.17, 15) is 5.26 Å². The second-order valence-corrected chi connectivity index (χ2v) is 4.70. The average molecular weight is 195 g/mol. The minimum absolute atomic E-state index is 0.130. The van der Waals surface area contributed by atoms with Gasteiger partial charge in [-0.2, -0.15) is 5.26 Å². The zero-order valence-corrected chi connectivity index (χ0v) is 9.29. The van der Waals surface area contributed by atoms with Gasteiger partial charge in [-0.25, -0.2) is 0 Å². The van der Waals surface area contributed by atoms with Gasteiger partial charge in [-0.15, -0.1) is 0 Å². The van der Waals surface area contributed by atoms with Crippen LogP contribution in [-0.4, -0.2) is 11.7 Å². The highest BCUT2D eigenvalue weighted by Crippen LogP contribution is 2.44. The Bertz CT molecular complexity index is 211. The van der Waals surface area contributed by atoms with Crippen molar-refractivity contribution in [3.05, 3.63) is 0 Å². The summed E-state index contributed by atoms with van der Waals surface area (Å²) >= 11 is 0. The predicted octanol–water partition coefficient (Wildman–Crippen LogP) is 2.72. The molecule has 1 unspecified atom stereocenters. The summed E-state index contributed by atoms with van der Waals surface area (Å²) in [6, 6.07) is 2.45. The van der Waals surface area contributed by atoms with Crippen LogP contribution in [0.4, 0.5) is 0 Å². The lowest BCUT2D eigenvalue weighted by molar-refractivity contribution is 0.0906. The van der Waals surface area contributed by atoms with Crippen molar-refractivity contribution in [2.75, 3.05) is 6.61 Å². The van der Waals surface area contributed by atoms with Crippen molar-refractivity contribution in [2.24, 2.45) is 17.3 Å². The SMILES string of the molecule is CCC1CCC(C#N)(C(C)CO)CC1. The monoisotopic (exact) mass is 195 g/mol. The zero-order chi connectivity index (χ0) is 10.6. The summed E-state index contributed by atoms with van der Waals surface area (Å²) in [6.45, 7) is 4.36. The first-order valence-corrected chi connectivity index (χ1v) is 5.70. The Morgan fingerprint density at radius 3 is 2.43 bits per heavy atom.